The summed E-state index contributed by atoms with van der Waals surface area (Å²) in [6.07, 6.45) is 8.38. The van der Waals surface area contributed by atoms with Gasteiger partial charge in [0.25, 0.3) is 0 Å². The van der Waals surface area contributed by atoms with Gasteiger partial charge in [-0.3, -0.25) is 4.90 Å². The topological polar surface area (TPSA) is 15.3 Å². The third-order valence-corrected chi connectivity index (χ3v) is 5.12. The van der Waals surface area contributed by atoms with Gasteiger partial charge < -0.3 is 5.32 Å². The van der Waals surface area contributed by atoms with E-state index < -0.39 is 0 Å². The standard InChI is InChI=1S/C17H34N2/c1-5-16-11-18-17(15-9-10-15)12-19(16)14(4)8-6-7-13(2)3/h13-18H,5-12H2,1-4H3. The van der Waals surface area contributed by atoms with Crippen LogP contribution < -0.4 is 5.32 Å². The van der Waals surface area contributed by atoms with Crippen LogP contribution in [0.5, 0.6) is 0 Å². The van der Waals surface area contributed by atoms with E-state index in [-0.39, 0.29) is 0 Å². The maximum atomic E-state index is 3.80. The van der Waals surface area contributed by atoms with Crippen molar-refractivity contribution in [1.82, 2.24) is 10.2 Å². The molecule has 0 radical (unpaired) electrons. The normalized spacial score (nSPS) is 30.8. The van der Waals surface area contributed by atoms with Crippen LogP contribution in [0.4, 0.5) is 0 Å². The third kappa shape index (κ3) is 4.46. The molecule has 3 unspecified atom stereocenters. The third-order valence-electron chi connectivity index (χ3n) is 5.12. The molecule has 0 aromatic rings. The molecule has 1 aliphatic carbocycles. The molecule has 0 spiro atoms. The first kappa shape index (κ1) is 15.3. The number of nitrogens with zero attached hydrogens (tertiary/aromatic N) is 1. The molecule has 1 aliphatic heterocycles. The summed E-state index contributed by atoms with van der Waals surface area (Å²) in [5.41, 5.74) is 0. The Morgan fingerprint density at radius 1 is 1.16 bits per heavy atom. The van der Waals surface area contributed by atoms with Crippen LogP contribution in [-0.2, 0) is 0 Å². The highest BCUT2D eigenvalue weighted by Crippen LogP contribution is 2.35. The van der Waals surface area contributed by atoms with Crippen molar-refractivity contribution < 1.29 is 0 Å². The minimum atomic E-state index is 0.768. The minimum Gasteiger partial charge on any atom is -0.311 e. The van der Waals surface area contributed by atoms with Gasteiger partial charge in [0.15, 0.2) is 0 Å². The zero-order chi connectivity index (χ0) is 13.8. The van der Waals surface area contributed by atoms with Crippen LogP contribution in [0, 0.1) is 11.8 Å². The lowest BCUT2D eigenvalue weighted by Crippen LogP contribution is -2.59. The fraction of sp³-hybridized carbons (Fsp3) is 1.00. The molecule has 0 amide bonds. The van der Waals surface area contributed by atoms with E-state index in [1.807, 2.05) is 0 Å². The van der Waals surface area contributed by atoms with Gasteiger partial charge in [0.05, 0.1) is 0 Å². The van der Waals surface area contributed by atoms with Crippen molar-refractivity contribution in [1.29, 1.82) is 0 Å². The van der Waals surface area contributed by atoms with Crippen LogP contribution in [0.25, 0.3) is 0 Å². The average Bonchev–Trinajstić information content (AvgIpc) is 3.21. The summed E-state index contributed by atoms with van der Waals surface area (Å²) in [5.74, 6) is 1.85. The van der Waals surface area contributed by atoms with Gasteiger partial charge in [-0.15, -0.1) is 0 Å². The summed E-state index contributed by atoms with van der Waals surface area (Å²) >= 11 is 0. The van der Waals surface area contributed by atoms with E-state index in [0.29, 0.717) is 0 Å². The molecule has 2 fully saturated rings. The fourth-order valence-corrected chi connectivity index (χ4v) is 3.57. The van der Waals surface area contributed by atoms with E-state index >= 15 is 0 Å². The number of rotatable bonds is 7. The van der Waals surface area contributed by atoms with Gasteiger partial charge >= 0.3 is 0 Å². The van der Waals surface area contributed by atoms with Crippen LogP contribution in [0.2, 0.25) is 0 Å². The highest BCUT2D eigenvalue weighted by molar-refractivity contribution is 4.95. The van der Waals surface area contributed by atoms with Crippen LogP contribution in [0.1, 0.15) is 66.2 Å². The van der Waals surface area contributed by atoms with Crippen LogP contribution in [-0.4, -0.2) is 36.1 Å². The Morgan fingerprint density at radius 2 is 1.89 bits per heavy atom. The summed E-state index contributed by atoms with van der Waals surface area (Å²) in [5, 5.41) is 3.80. The quantitative estimate of drug-likeness (QED) is 0.756. The van der Waals surface area contributed by atoms with Crippen LogP contribution >= 0.6 is 0 Å². The lowest BCUT2D eigenvalue weighted by Gasteiger charge is -2.44. The van der Waals surface area contributed by atoms with Gasteiger partial charge in [-0.1, -0.05) is 33.6 Å². The first-order valence-electron chi connectivity index (χ1n) is 8.61. The molecule has 2 heteroatoms. The number of piperazine rings is 1. The molecule has 0 aromatic carbocycles. The van der Waals surface area contributed by atoms with E-state index in [0.717, 1.165) is 30.0 Å². The highest BCUT2D eigenvalue weighted by atomic mass is 15.3. The summed E-state index contributed by atoms with van der Waals surface area (Å²) in [7, 11) is 0. The van der Waals surface area contributed by atoms with Crippen molar-refractivity contribution in [3.63, 3.8) is 0 Å². The number of hydrogen-bond donors (Lipinski definition) is 1. The van der Waals surface area contributed by atoms with E-state index in [2.05, 4.69) is 37.9 Å². The number of hydrogen-bond acceptors (Lipinski definition) is 2. The van der Waals surface area contributed by atoms with Crippen molar-refractivity contribution in [3.8, 4) is 0 Å². The second kappa shape index (κ2) is 7.08. The number of nitrogens with one attached hydrogen (secondary N) is 1. The Labute approximate surface area is 120 Å². The predicted molar refractivity (Wildman–Crippen MR) is 83.5 cm³/mol. The second-order valence-corrected chi connectivity index (χ2v) is 7.28. The zero-order valence-electron chi connectivity index (χ0n) is 13.5. The van der Waals surface area contributed by atoms with Crippen LogP contribution in [0.3, 0.4) is 0 Å². The highest BCUT2D eigenvalue weighted by Gasteiger charge is 2.37. The molecule has 1 saturated heterocycles. The summed E-state index contributed by atoms with van der Waals surface area (Å²) in [6.45, 7) is 12.0. The summed E-state index contributed by atoms with van der Waals surface area (Å²) in [6, 6.07) is 2.33. The van der Waals surface area contributed by atoms with Gasteiger partial charge in [0.2, 0.25) is 0 Å². The lowest BCUT2D eigenvalue weighted by atomic mass is 9.98. The first-order chi connectivity index (χ1) is 9.11. The molecule has 0 bridgehead atoms. The van der Waals surface area contributed by atoms with Crippen molar-refractivity contribution in [2.45, 2.75) is 84.3 Å². The minimum absolute atomic E-state index is 0.768. The Hall–Kier alpha value is -0.0800. The molecule has 3 atom stereocenters. The van der Waals surface area contributed by atoms with E-state index in [9.17, 15) is 0 Å². The second-order valence-electron chi connectivity index (χ2n) is 7.28. The Morgan fingerprint density at radius 3 is 2.47 bits per heavy atom. The Kier molecular flexibility index (Phi) is 5.70. The molecule has 1 saturated carbocycles. The van der Waals surface area contributed by atoms with Gasteiger partial charge in [0, 0.05) is 31.2 Å². The molecule has 1 N–H and O–H groups in total. The van der Waals surface area contributed by atoms with Crippen molar-refractivity contribution in [2.75, 3.05) is 13.1 Å². The molecule has 2 rings (SSSR count). The van der Waals surface area contributed by atoms with Gasteiger partial charge in [-0.2, -0.15) is 0 Å². The molecule has 112 valence electrons. The largest absolute Gasteiger partial charge is 0.311 e. The van der Waals surface area contributed by atoms with Crippen molar-refractivity contribution >= 4 is 0 Å². The maximum absolute atomic E-state index is 3.80. The fourth-order valence-electron chi connectivity index (χ4n) is 3.57. The molecule has 1 heterocycles. The van der Waals surface area contributed by atoms with Gasteiger partial charge in [0.1, 0.15) is 0 Å². The molecular weight excluding hydrogens is 232 g/mol. The van der Waals surface area contributed by atoms with Crippen LogP contribution in [0.15, 0.2) is 0 Å². The van der Waals surface area contributed by atoms with E-state index in [1.165, 1.54) is 51.6 Å². The van der Waals surface area contributed by atoms with E-state index in [1.54, 1.807) is 0 Å². The van der Waals surface area contributed by atoms with Crippen molar-refractivity contribution in [2.24, 2.45) is 11.8 Å². The van der Waals surface area contributed by atoms with Gasteiger partial charge in [-0.25, -0.2) is 0 Å². The lowest BCUT2D eigenvalue weighted by molar-refractivity contribution is 0.0750. The molecule has 2 aliphatic rings. The first-order valence-corrected chi connectivity index (χ1v) is 8.61. The molecule has 2 nitrogen and oxygen atoms in total. The SMILES string of the molecule is CCC1CNC(C2CC2)CN1C(C)CCCC(C)C. The average molecular weight is 266 g/mol. The monoisotopic (exact) mass is 266 g/mol. The smallest absolute Gasteiger partial charge is 0.0224 e. The Balaban J connectivity index is 1.82. The Bertz CT molecular complexity index is 260. The molecule has 0 aromatic heterocycles. The zero-order valence-corrected chi connectivity index (χ0v) is 13.5. The van der Waals surface area contributed by atoms with E-state index in [4.69, 9.17) is 0 Å². The van der Waals surface area contributed by atoms with Gasteiger partial charge in [-0.05, 0) is 44.4 Å². The predicted octanol–water partition coefficient (Wildman–Crippen LogP) is 3.66. The van der Waals surface area contributed by atoms with Crippen molar-refractivity contribution in [3.05, 3.63) is 0 Å². The summed E-state index contributed by atoms with van der Waals surface area (Å²) in [4.78, 5) is 2.82. The molecule has 19 heavy (non-hydrogen) atoms. The maximum Gasteiger partial charge on any atom is 0.0224 e. The molecular formula is C17H34N2. The summed E-state index contributed by atoms with van der Waals surface area (Å²) < 4.78 is 0.